The lowest BCUT2D eigenvalue weighted by Gasteiger charge is -2.16. The van der Waals surface area contributed by atoms with Gasteiger partial charge in [-0.3, -0.25) is 4.79 Å². The lowest BCUT2D eigenvalue weighted by Crippen LogP contribution is -2.30. The zero-order chi connectivity index (χ0) is 11.4. The molecule has 1 aromatic rings. The van der Waals surface area contributed by atoms with Crippen LogP contribution in [-0.2, 0) is 4.79 Å². The van der Waals surface area contributed by atoms with Gasteiger partial charge in [-0.05, 0) is 17.7 Å². The molecule has 0 radical (unpaired) electrons. The van der Waals surface area contributed by atoms with Gasteiger partial charge in [0.15, 0.2) is 0 Å². The zero-order valence-corrected chi connectivity index (χ0v) is 9.32. The summed E-state index contributed by atoms with van der Waals surface area (Å²) >= 11 is 0. The van der Waals surface area contributed by atoms with Crippen LogP contribution in [0.15, 0.2) is 24.3 Å². The summed E-state index contributed by atoms with van der Waals surface area (Å²) in [6, 6.07) is 7.82. The van der Waals surface area contributed by atoms with Crippen LogP contribution in [0.5, 0.6) is 5.75 Å². The molecular formula is C12H16N2O2. The SMILES string of the molecule is COc1cccc(C2CNCCC(=O)N2)c1. The summed E-state index contributed by atoms with van der Waals surface area (Å²) in [4.78, 5) is 11.4. The van der Waals surface area contributed by atoms with Gasteiger partial charge in [-0.15, -0.1) is 0 Å². The molecule has 0 aromatic heterocycles. The summed E-state index contributed by atoms with van der Waals surface area (Å²) in [6.45, 7) is 1.51. The first-order valence-electron chi connectivity index (χ1n) is 5.43. The normalized spacial score (nSPS) is 21.1. The molecule has 0 spiro atoms. The van der Waals surface area contributed by atoms with Crippen molar-refractivity contribution in [3.63, 3.8) is 0 Å². The zero-order valence-electron chi connectivity index (χ0n) is 9.32. The number of carbonyl (C=O) groups excluding carboxylic acids is 1. The molecule has 0 bridgehead atoms. The van der Waals surface area contributed by atoms with E-state index in [1.54, 1.807) is 7.11 Å². The fourth-order valence-corrected chi connectivity index (χ4v) is 1.83. The molecule has 4 heteroatoms. The molecule has 4 nitrogen and oxygen atoms in total. The van der Waals surface area contributed by atoms with E-state index in [4.69, 9.17) is 4.74 Å². The summed E-state index contributed by atoms with van der Waals surface area (Å²) in [6.07, 6.45) is 0.542. The summed E-state index contributed by atoms with van der Waals surface area (Å²) < 4.78 is 5.17. The summed E-state index contributed by atoms with van der Waals surface area (Å²) in [7, 11) is 1.64. The van der Waals surface area contributed by atoms with Gasteiger partial charge in [-0.25, -0.2) is 0 Å². The van der Waals surface area contributed by atoms with Crippen molar-refractivity contribution in [2.75, 3.05) is 20.2 Å². The van der Waals surface area contributed by atoms with Gasteiger partial charge in [0, 0.05) is 19.5 Å². The molecule has 1 heterocycles. The molecule has 86 valence electrons. The minimum Gasteiger partial charge on any atom is -0.497 e. The van der Waals surface area contributed by atoms with Gasteiger partial charge >= 0.3 is 0 Å². The third-order valence-electron chi connectivity index (χ3n) is 2.71. The van der Waals surface area contributed by atoms with Crippen LogP contribution in [0.25, 0.3) is 0 Å². The first-order valence-corrected chi connectivity index (χ1v) is 5.43. The molecule has 0 aliphatic carbocycles. The molecule has 1 atom stereocenters. The maximum Gasteiger partial charge on any atom is 0.221 e. The van der Waals surface area contributed by atoms with Crippen LogP contribution in [-0.4, -0.2) is 26.1 Å². The Hall–Kier alpha value is -1.55. The topological polar surface area (TPSA) is 50.4 Å². The molecule has 1 saturated heterocycles. The second kappa shape index (κ2) is 4.99. The molecule has 1 aliphatic rings. The van der Waals surface area contributed by atoms with E-state index in [2.05, 4.69) is 10.6 Å². The second-order valence-electron chi connectivity index (χ2n) is 3.85. The van der Waals surface area contributed by atoms with E-state index in [1.807, 2.05) is 24.3 Å². The van der Waals surface area contributed by atoms with E-state index in [1.165, 1.54) is 0 Å². The van der Waals surface area contributed by atoms with E-state index in [9.17, 15) is 4.79 Å². The molecule has 2 rings (SSSR count). The fourth-order valence-electron chi connectivity index (χ4n) is 1.83. The minimum atomic E-state index is 0.0325. The van der Waals surface area contributed by atoms with Gasteiger partial charge in [-0.1, -0.05) is 12.1 Å². The van der Waals surface area contributed by atoms with Gasteiger partial charge in [0.2, 0.25) is 5.91 Å². The van der Waals surface area contributed by atoms with Gasteiger partial charge in [0.25, 0.3) is 0 Å². The lowest BCUT2D eigenvalue weighted by molar-refractivity contribution is -0.121. The Morgan fingerprint density at radius 3 is 3.12 bits per heavy atom. The van der Waals surface area contributed by atoms with E-state index < -0.39 is 0 Å². The predicted molar refractivity (Wildman–Crippen MR) is 61.4 cm³/mol. The highest BCUT2D eigenvalue weighted by Gasteiger charge is 2.17. The number of ether oxygens (including phenoxy) is 1. The van der Waals surface area contributed by atoms with Crippen LogP contribution in [0.1, 0.15) is 18.0 Å². The molecule has 1 fully saturated rings. The summed E-state index contributed by atoms with van der Waals surface area (Å²) in [5.41, 5.74) is 1.07. The van der Waals surface area contributed by atoms with Crippen LogP contribution in [0.3, 0.4) is 0 Å². The lowest BCUT2D eigenvalue weighted by atomic mass is 10.1. The van der Waals surface area contributed by atoms with Crippen molar-refractivity contribution >= 4 is 5.91 Å². The Kier molecular flexibility index (Phi) is 3.41. The Balaban J connectivity index is 2.17. The number of amides is 1. The van der Waals surface area contributed by atoms with Gasteiger partial charge < -0.3 is 15.4 Å². The second-order valence-corrected chi connectivity index (χ2v) is 3.85. The Labute approximate surface area is 95.0 Å². The van der Waals surface area contributed by atoms with Crippen molar-refractivity contribution < 1.29 is 9.53 Å². The third-order valence-corrected chi connectivity index (χ3v) is 2.71. The van der Waals surface area contributed by atoms with Crippen molar-refractivity contribution in [2.24, 2.45) is 0 Å². The van der Waals surface area contributed by atoms with Crippen molar-refractivity contribution in [3.8, 4) is 5.75 Å². The summed E-state index contributed by atoms with van der Waals surface area (Å²) in [5.74, 6) is 0.911. The van der Waals surface area contributed by atoms with Crippen molar-refractivity contribution in [3.05, 3.63) is 29.8 Å². The monoisotopic (exact) mass is 220 g/mol. The van der Waals surface area contributed by atoms with Crippen LogP contribution >= 0.6 is 0 Å². The standard InChI is InChI=1S/C12H16N2O2/c1-16-10-4-2-3-9(7-10)11-8-13-6-5-12(15)14-11/h2-4,7,11,13H,5-6,8H2,1H3,(H,14,15). The molecule has 0 saturated carbocycles. The minimum absolute atomic E-state index is 0.0325. The smallest absolute Gasteiger partial charge is 0.221 e. The maximum atomic E-state index is 11.4. The molecule has 16 heavy (non-hydrogen) atoms. The Bertz CT molecular complexity index is 379. The largest absolute Gasteiger partial charge is 0.497 e. The number of benzene rings is 1. The predicted octanol–water partition coefficient (Wildman–Crippen LogP) is 0.846. The quantitative estimate of drug-likeness (QED) is 0.776. The van der Waals surface area contributed by atoms with E-state index in [0.717, 1.165) is 24.4 Å². The van der Waals surface area contributed by atoms with Gasteiger partial charge in [-0.2, -0.15) is 0 Å². The molecule has 1 aromatic carbocycles. The number of hydrogen-bond donors (Lipinski definition) is 2. The van der Waals surface area contributed by atoms with Crippen LogP contribution in [0.2, 0.25) is 0 Å². The fraction of sp³-hybridized carbons (Fsp3) is 0.417. The highest BCUT2D eigenvalue weighted by Crippen LogP contribution is 2.19. The van der Waals surface area contributed by atoms with E-state index in [-0.39, 0.29) is 11.9 Å². The highest BCUT2D eigenvalue weighted by molar-refractivity contribution is 5.77. The Morgan fingerprint density at radius 1 is 1.44 bits per heavy atom. The van der Waals surface area contributed by atoms with Crippen LogP contribution in [0, 0.1) is 0 Å². The third kappa shape index (κ3) is 2.52. The van der Waals surface area contributed by atoms with Gasteiger partial charge in [0.1, 0.15) is 5.75 Å². The molecular weight excluding hydrogens is 204 g/mol. The number of hydrogen-bond acceptors (Lipinski definition) is 3. The number of methoxy groups -OCH3 is 1. The van der Waals surface area contributed by atoms with Crippen molar-refractivity contribution in [1.82, 2.24) is 10.6 Å². The first-order chi connectivity index (χ1) is 7.79. The number of carbonyl (C=O) groups is 1. The molecule has 1 aliphatic heterocycles. The highest BCUT2D eigenvalue weighted by atomic mass is 16.5. The molecule has 2 N–H and O–H groups in total. The Morgan fingerprint density at radius 2 is 2.31 bits per heavy atom. The number of rotatable bonds is 2. The van der Waals surface area contributed by atoms with Crippen LogP contribution in [0.4, 0.5) is 0 Å². The first kappa shape index (κ1) is 11.0. The van der Waals surface area contributed by atoms with E-state index >= 15 is 0 Å². The van der Waals surface area contributed by atoms with Crippen molar-refractivity contribution in [1.29, 1.82) is 0 Å². The number of nitrogens with one attached hydrogen (secondary N) is 2. The molecule has 1 amide bonds. The average Bonchev–Trinajstić information content (AvgIpc) is 2.54. The molecule has 1 unspecified atom stereocenters. The maximum absolute atomic E-state index is 11.4. The van der Waals surface area contributed by atoms with Crippen LogP contribution < -0.4 is 15.4 Å². The summed E-state index contributed by atoms with van der Waals surface area (Å²) in [5, 5.41) is 6.23. The van der Waals surface area contributed by atoms with E-state index in [0.29, 0.717) is 6.42 Å². The average molecular weight is 220 g/mol. The van der Waals surface area contributed by atoms with Crippen molar-refractivity contribution in [2.45, 2.75) is 12.5 Å². The van der Waals surface area contributed by atoms with Gasteiger partial charge in [0.05, 0.1) is 13.2 Å².